The van der Waals surface area contributed by atoms with Gasteiger partial charge in [0, 0.05) is 36.8 Å². The number of carbonyl (C=O) groups excluding carboxylic acids is 1. The molecule has 0 N–H and O–H groups in total. The molecule has 3 aromatic rings. The van der Waals surface area contributed by atoms with Crippen LogP contribution in [-0.4, -0.2) is 42.1 Å². The molecule has 1 aliphatic carbocycles. The summed E-state index contributed by atoms with van der Waals surface area (Å²) in [4.78, 5) is 20.3. The summed E-state index contributed by atoms with van der Waals surface area (Å²) in [6.07, 6.45) is 8.83. The van der Waals surface area contributed by atoms with E-state index in [-0.39, 0.29) is 5.41 Å². The fourth-order valence-electron chi connectivity index (χ4n) is 5.53. The van der Waals surface area contributed by atoms with Gasteiger partial charge in [-0.15, -0.1) is 0 Å². The van der Waals surface area contributed by atoms with Crippen molar-refractivity contribution >= 4 is 16.7 Å². The van der Waals surface area contributed by atoms with Gasteiger partial charge in [-0.05, 0) is 41.8 Å². The van der Waals surface area contributed by atoms with Crippen LogP contribution in [0.4, 0.5) is 0 Å². The van der Waals surface area contributed by atoms with E-state index in [2.05, 4.69) is 58.4 Å². The van der Waals surface area contributed by atoms with Crippen LogP contribution in [0.2, 0.25) is 0 Å². The van der Waals surface area contributed by atoms with Crippen LogP contribution >= 0.6 is 0 Å². The molecule has 1 aliphatic heterocycles. The van der Waals surface area contributed by atoms with Gasteiger partial charge in [0.1, 0.15) is 0 Å². The Bertz CT molecular complexity index is 1040. The molecule has 5 rings (SSSR count). The minimum atomic E-state index is -0.360. The van der Waals surface area contributed by atoms with Crippen LogP contribution in [0.3, 0.4) is 0 Å². The second-order valence-corrected chi connectivity index (χ2v) is 9.07. The molecule has 2 fully saturated rings. The van der Waals surface area contributed by atoms with E-state index in [1.165, 1.54) is 16.5 Å². The molecule has 1 saturated heterocycles. The van der Waals surface area contributed by atoms with Gasteiger partial charge in [-0.3, -0.25) is 9.78 Å². The number of amides is 1. The molecule has 1 saturated carbocycles. The molecule has 0 spiro atoms. The van der Waals surface area contributed by atoms with Gasteiger partial charge in [0.2, 0.25) is 5.91 Å². The van der Waals surface area contributed by atoms with E-state index in [1.54, 1.807) is 0 Å². The van der Waals surface area contributed by atoms with Crippen LogP contribution in [-0.2, 0) is 21.4 Å². The van der Waals surface area contributed by atoms with Crippen molar-refractivity contribution in [3.63, 3.8) is 0 Å². The minimum absolute atomic E-state index is 0.291. The van der Waals surface area contributed by atoms with Crippen molar-refractivity contribution in [2.75, 3.05) is 26.3 Å². The van der Waals surface area contributed by atoms with Gasteiger partial charge in [0.25, 0.3) is 0 Å². The van der Waals surface area contributed by atoms with Gasteiger partial charge in [-0.1, -0.05) is 61.4 Å². The SMILES string of the molecule is O=C(N1CCOC[C@@H](Cc2cccc3cnccc23)C1)C1(c2ccccc2)CCCC1. The summed E-state index contributed by atoms with van der Waals surface area (Å²) in [6.45, 7) is 2.76. The van der Waals surface area contributed by atoms with Crippen LogP contribution in [0.1, 0.15) is 36.8 Å². The Kier molecular flexibility index (Phi) is 5.73. The van der Waals surface area contributed by atoms with Crippen molar-refractivity contribution in [2.24, 2.45) is 5.92 Å². The van der Waals surface area contributed by atoms with E-state index < -0.39 is 0 Å². The van der Waals surface area contributed by atoms with E-state index in [4.69, 9.17) is 4.74 Å². The predicted molar refractivity (Wildman–Crippen MR) is 123 cm³/mol. The third kappa shape index (κ3) is 3.97. The summed E-state index contributed by atoms with van der Waals surface area (Å²) < 4.78 is 5.97. The van der Waals surface area contributed by atoms with Gasteiger partial charge in [0.05, 0.1) is 18.6 Å². The number of benzene rings is 2. The lowest BCUT2D eigenvalue weighted by molar-refractivity contribution is -0.137. The fraction of sp³-hybridized carbons (Fsp3) is 0.407. The Labute approximate surface area is 184 Å². The molecular formula is C27H30N2O2. The molecule has 2 aromatic carbocycles. The van der Waals surface area contributed by atoms with Gasteiger partial charge in [-0.25, -0.2) is 0 Å². The van der Waals surface area contributed by atoms with E-state index >= 15 is 0 Å². The largest absolute Gasteiger partial charge is 0.379 e. The molecule has 160 valence electrons. The third-order valence-corrected chi connectivity index (χ3v) is 7.10. The molecule has 4 nitrogen and oxygen atoms in total. The first-order chi connectivity index (χ1) is 15.3. The maximum Gasteiger partial charge on any atom is 0.233 e. The van der Waals surface area contributed by atoms with Crippen molar-refractivity contribution in [1.82, 2.24) is 9.88 Å². The zero-order chi connectivity index (χ0) is 21.1. The standard InChI is InChI=1S/C27H30N2O2/c30-26(27(12-4-5-13-27)24-9-2-1-3-10-24)29-15-16-31-20-21(19-29)17-22-7-6-8-23-18-28-14-11-25(22)23/h1-3,6-11,14,18,21H,4-5,12-13,15-17,19-20H2/t21-/m0/s1. The first kappa shape index (κ1) is 20.2. The monoisotopic (exact) mass is 414 g/mol. The zero-order valence-electron chi connectivity index (χ0n) is 18.0. The molecule has 1 amide bonds. The molecule has 4 heteroatoms. The van der Waals surface area contributed by atoms with E-state index in [0.717, 1.165) is 44.0 Å². The second kappa shape index (κ2) is 8.80. The average molecular weight is 415 g/mol. The number of aromatic nitrogens is 1. The maximum atomic E-state index is 13.9. The van der Waals surface area contributed by atoms with Crippen molar-refractivity contribution in [2.45, 2.75) is 37.5 Å². The first-order valence-corrected chi connectivity index (χ1v) is 11.5. The first-order valence-electron chi connectivity index (χ1n) is 11.5. The quantitative estimate of drug-likeness (QED) is 0.618. The highest BCUT2D eigenvalue weighted by atomic mass is 16.5. The van der Waals surface area contributed by atoms with Crippen LogP contribution in [0.15, 0.2) is 67.0 Å². The minimum Gasteiger partial charge on any atom is -0.379 e. The van der Waals surface area contributed by atoms with Crippen LogP contribution < -0.4 is 0 Å². The summed E-state index contributed by atoms with van der Waals surface area (Å²) in [5, 5.41) is 2.41. The molecule has 31 heavy (non-hydrogen) atoms. The Morgan fingerprint density at radius 1 is 1.06 bits per heavy atom. The van der Waals surface area contributed by atoms with Crippen LogP contribution in [0.5, 0.6) is 0 Å². The maximum absolute atomic E-state index is 13.9. The highest BCUT2D eigenvalue weighted by Gasteiger charge is 2.45. The van der Waals surface area contributed by atoms with Crippen molar-refractivity contribution in [3.8, 4) is 0 Å². The highest BCUT2D eigenvalue weighted by Crippen LogP contribution is 2.43. The van der Waals surface area contributed by atoms with E-state index in [9.17, 15) is 4.79 Å². The molecule has 1 aromatic heterocycles. The third-order valence-electron chi connectivity index (χ3n) is 7.10. The number of rotatable bonds is 4. The molecular weight excluding hydrogens is 384 g/mol. The van der Waals surface area contributed by atoms with Crippen LogP contribution in [0, 0.1) is 5.92 Å². The van der Waals surface area contributed by atoms with Crippen molar-refractivity contribution < 1.29 is 9.53 Å². The molecule has 1 atom stereocenters. The summed E-state index contributed by atoms with van der Waals surface area (Å²) in [7, 11) is 0. The lowest BCUT2D eigenvalue weighted by atomic mass is 9.77. The van der Waals surface area contributed by atoms with Gasteiger partial charge in [0.15, 0.2) is 0 Å². The molecule has 2 heterocycles. The number of carbonyl (C=O) groups is 1. The predicted octanol–water partition coefficient (Wildman–Crippen LogP) is 4.76. The Morgan fingerprint density at radius 2 is 1.90 bits per heavy atom. The molecule has 0 unspecified atom stereocenters. The lowest BCUT2D eigenvalue weighted by Gasteiger charge is -2.35. The van der Waals surface area contributed by atoms with Gasteiger partial charge in [-0.2, -0.15) is 0 Å². The van der Waals surface area contributed by atoms with Crippen molar-refractivity contribution in [1.29, 1.82) is 0 Å². The average Bonchev–Trinajstić information content (AvgIpc) is 3.21. The number of nitrogens with zero attached hydrogens (tertiary/aromatic N) is 2. The number of ether oxygens (including phenoxy) is 1. The Balaban J connectivity index is 1.39. The second-order valence-electron chi connectivity index (χ2n) is 9.07. The summed E-state index contributed by atoms with van der Waals surface area (Å²) in [5.41, 5.74) is 2.13. The Morgan fingerprint density at radius 3 is 2.74 bits per heavy atom. The molecule has 0 bridgehead atoms. The summed E-state index contributed by atoms with van der Waals surface area (Å²) in [5.74, 6) is 0.591. The number of pyridine rings is 1. The van der Waals surface area contributed by atoms with E-state index in [0.29, 0.717) is 31.6 Å². The number of hydrogen-bond acceptors (Lipinski definition) is 3. The number of hydrogen-bond donors (Lipinski definition) is 0. The van der Waals surface area contributed by atoms with Crippen molar-refractivity contribution in [3.05, 3.63) is 78.1 Å². The Hall–Kier alpha value is -2.72. The highest BCUT2D eigenvalue weighted by molar-refractivity contribution is 5.89. The van der Waals surface area contributed by atoms with Gasteiger partial charge < -0.3 is 9.64 Å². The summed E-state index contributed by atoms with van der Waals surface area (Å²) in [6, 6.07) is 18.9. The normalized spacial score (nSPS) is 21.2. The lowest BCUT2D eigenvalue weighted by Crippen LogP contribution is -2.47. The van der Waals surface area contributed by atoms with Crippen LogP contribution in [0.25, 0.3) is 10.8 Å². The fourth-order valence-corrected chi connectivity index (χ4v) is 5.53. The topological polar surface area (TPSA) is 42.4 Å². The molecule has 2 aliphatic rings. The van der Waals surface area contributed by atoms with E-state index in [1.807, 2.05) is 18.5 Å². The number of fused-ring (bicyclic) bond motifs is 1. The summed E-state index contributed by atoms with van der Waals surface area (Å²) >= 11 is 0. The zero-order valence-corrected chi connectivity index (χ0v) is 18.0. The van der Waals surface area contributed by atoms with Gasteiger partial charge >= 0.3 is 0 Å². The smallest absolute Gasteiger partial charge is 0.233 e. The molecule has 0 radical (unpaired) electrons.